The molecular formula is C22H35N3O7. The summed E-state index contributed by atoms with van der Waals surface area (Å²) in [5.41, 5.74) is 4.74. The molecule has 0 aliphatic carbocycles. The summed E-state index contributed by atoms with van der Waals surface area (Å²) in [7, 11) is 0. The normalized spacial score (nSPS) is 11.3. The van der Waals surface area contributed by atoms with Gasteiger partial charge in [-0.15, -0.1) is 0 Å². The molecule has 0 unspecified atom stereocenters. The average molecular weight is 454 g/mol. The van der Waals surface area contributed by atoms with E-state index in [0.717, 1.165) is 0 Å². The summed E-state index contributed by atoms with van der Waals surface area (Å²) < 4.78 is 21.8. The van der Waals surface area contributed by atoms with Crippen molar-refractivity contribution in [2.75, 3.05) is 26.3 Å². The quantitative estimate of drug-likeness (QED) is 0.463. The predicted molar refractivity (Wildman–Crippen MR) is 119 cm³/mol. The maximum Gasteiger partial charge on any atom is 0.407 e. The number of nitrogens with two attached hydrogens (primary N) is 1. The van der Waals surface area contributed by atoms with E-state index in [1.807, 2.05) is 0 Å². The minimum atomic E-state index is -0.595. The lowest BCUT2D eigenvalue weighted by molar-refractivity contribution is -0.117. The van der Waals surface area contributed by atoms with Crippen LogP contribution in [0.15, 0.2) is 18.2 Å². The SMILES string of the molecule is CC(C)(C)OC(=O)NCCOc1ccc(CC(N)=O)cc1OCCNC(=O)OC(C)(C)C. The van der Waals surface area contributed by atoms with Gasteiger partial charge in [-0.2, -0.15) is 0 Å². The average Bonchev–Trinajstić information content (AvgIpc) is 2.60. The number of hydrogen-bond acceptors (Lipinski definition) is 7. The number of primary amides is 1. The molecule has 0 spiro atoms. The van der Waals surface area contributed by atoms with Crippen LogP contribution in [-0.4, -0.2) is 55.6 Å². The van der Waals surface area contributed by atoms with E-state index in [1.54, 1.807) is 59.7 Å². The van der Waals surface area contributed by atoms with Crippen LogP contribution in [0.2, 0.25) is 0 Å². The molecule has 0 fully saturated rings. The van der Waals surface area contributed by atoms with Crippen LogP contribution >= 0.6 is 0 Å². The number of rotatable bonds is 10. The third-order valence-corrected chi connectivity index (χ3v) is 3.44. The Bertz CT molecular complexity index is 783. The van der Waals surface area contributed by atoms with Gasteiger partial charge >= 0.3 is 12.2 Å². The first-order valence-electron chi connectivity index (χ1n) is 10.4. The van der Waals surface area contributed by atoms with Crippen molar-refractivity contribution >= 4 is 18.1 Å². The van der Waals surface area contributed by atoms with Crippen molar-refractivity contribution in [3.05, 3.63) is 23.8 Å². The van der Waals surface area contributed by atoms with E-state index in [4.69, 9.17) is 24.7 Å². The van der Waals surface area contributed by atoms with Crippen molar-refractivity contribution in [2.45, 2.75) is 59.2 Å². The van der Waals surface area contributed by atoms with E-state index < -0.39 is 29.3 Å². The molecule has 0 radical (unpaired) electrons. The van der Waals surface area contributed by atoms with Crippen molar-refractivity contribution in [1.29, 1.82) is 0 Å². The minimum Gasteiger partial charge on any atom is -0.488 e. The van der Waals surface area contributed by atoms with Crippen LogP contribution in [0.1, 0.15) is 47.1 Å². The molecule has 1 aromatic rings. The van der Waals surface area contributed by atoms with Gasteiger partial charge in [0.05, 0.1) is 19.5 Å². The lowest BCUT2D eigenvalue weighted by atomic mass is 10.1. The maximum atomic E-state index is 11.7. The van der Waals surface area contributed by atoms with Crippen LogP contribution in [0.25, 0.3) is 0 Å². The topological polar surface area (TPSA) is 138 Å². The Hall–Kier alpha value is -3.17. The fourth-order valence-electron chi connectivity index (χ4n) is 2.35. The lowest BCUT2D eigenvalue weighted by Gasteiger charge is -2.20. The molecule has 0 heterocycles. The first kappa shape index (κ1) is 26.9. The van der Waals surface area contributed by atoms with Gasteiger partial charge in [0.25, 0.3) is 0 Å². The molecule has 0 saturated heterocycles. The Morgan fingerprint density at radius 1 is 0.812 bits per heavy atom. The summed E-state index contributed by atoms with van der Waals surface area (Å²) in [5.74, 6) is 0.325. The first-order chi connectivity index (χ1) is 14.7. The maximum absolute atomic E-state index is 11.7. The fourth-order valence-corrected chi connectivity index (χ4v) is 2.35. The Morgan fingerprint density at radius 2 is 1.28 bits per heavy atom. The number of carbonyl (C=O) groups is 3. The molecule has 0 aliphatic rings. The van der Waals surface area contributed by atoms with Gasteiger partial charge in [-0.3, -0.25) is 4.79 Å². The van der Waals surface area contributed by atoms with E-state index in [0.29, 0.717) is 17.1 Å². The number of benzene rings is 1. The predicted octanol–water partition coefficient (Wildman–Crippen LogP) is 2.52. The molecule has 0 aromatic heterocycles. The van der Waals surface area contributed by atoms with Crippen LogP contribution in [0.4, 0.5) is 9.59 Å². The van der Waals surface area contributed by atoms with Gasteiger partial charge in [0.15, 0.2) is 11.5 Å². The summed E-state index contributed by atoms with van der Waals surface area (Å²) in [5, 5.41) is 5.20. The molecule has 0 aliphatic heterocycles. The summed E-state index contributed by atoms with van der Waals surface area (Å²) in [6.07, 6.45) is -1.04. The summed E-state index contributed by atoms with van der Waals surface area (Å²) in [4.78, 5) is 34.6. The highest BCUT2D eigenvalue weighted by Crippen LogP contribution is 2.28. The summed E-state index contributed by atoms with van der Waals surface area (Å²) in [6, 6.07) is 5.00. The molecule has 1 rings (SSSR count). The molecule has 0 saturated carbocycles. The second kappa shape index (κ2) is 12.0. The molecule has 0 bridgehead atoms. The van der Waals surface area contributed by atoms with Gasteiger partial charge in [-0.25, -0.2) is 9.59 Å². The Morgan fingerprint density at radius 3 is 1.72 bits per heavy atom. The lowest BCUT2D eigenvalue weighted by Crippen LogP contribution is -2.35. The molecule has 3 amide bonds. The van der Waals surface area contributed by atoms with Crippen molar-refractivity contribution in [3.63, 3.8) is 0 Å². The van der Waals surface area contributed by atoms with Crippen molar-refractivity contribution in [3.8, 4) is 11.5 Å². The highest BCUT2D eigenvalue weighted by molar-refractivity contribution is 5.76. The van der Waals surface area contributed by atoms with Gasteiger partial charge in [0.2, 0.25) is 5.91 Å². The molecule has 10 nitrogen and oxygen atoms in total. The van der Waals surface area contributed by atoms with Crippen molar-refractivity contribution in [2.24, 2.45) is 5.73 Å². The Kier molecular flexibility index (Phi) is 10.1. The fraction of sp³-hybridized carbons (Fsp3) is 0.591. The zero-order valence-corrected chi connectivity index (χ0v) is 19.7. The standard InChI is InChI=1S/C22H35N3O7/c1-21(2,3)31-19(27)24-9-11-29-16-8-7-15(14-18(23)26)13-17(16)30-12-10-25-20(28)32-22(4,5)6/h7-8,13H,9-12,14H2,1-6H3,(H2,23,26)(H,24,27)(H,25,28). The number of carbonyl (C=O) groups excluding carboxylic acids is 3. The molecule has 1 aromatic carbocycles. The number of amides is 3. The van der Waals surface area contributed by atoms with Crippen molar-refractivity contribution < 1.29 is 33.3 Å². The van der Waals surface area contributed by atoms with Gasteiger partial charge in [-0.05, 0) is 59.2 Å². The third-order valence-electron chi connectivity index (χ3n) is 3.44. The van der Waals surface area contributed by atoms with Gasteiger partial charge in [-0.1, -0.05) is 6.07 Å². The number of ether oxygens (including phenoxy) is 4. The first-order valence-corrected chi connectivity index (χ1v) is 10.4. The van der Waals surface area contributed by atoms with Crippen LogP contribution in [0, 0.1) is 0 Å². The highest BCUT2D eigenvalue weighted by Gasteiger charge is 2.17. The molecule has 10 heteroatoms. The molecule has 4 N–H and O–H groups in total. The number of alkyl carbamates (subject to hydrolysis) is 2. The van der Waals surface area contributed by atoms with Crippen LogP contribution in [0.3, 0.4) is 0 Å². The number of hydrogen-bond donors (Lipinski definition) is 3. The Labute approximate surface area is 189 Å². The van der Waals surface area contributed by atoms with Gasteiger partial charge in [0.1, 0.15) is 24.4 Å². The molecular weight excluding hydrogens is 418 g/mol. The smallest absolute Gasteiger partial charge is 0.407 e. The highest BCUT2D eigenvalue weighted by atomic mass is 16.6. The van der Waals surface area contributed by atoms with E-state index in [9.17, 15) is 14.4 Å². The van der Waals surface area contributed by atoms with E-state index in [2.05, 4.69) is 10.6 Å². The second-order valence-corrected chi connectivity index (χ2v) is 8.98. The molecule has 0 atom stereocenters. The number of nitrogens with one attached hydrogen (secondary N) is 2. The summed E-state index contributed by atoms with van der Waals surface area (Å²) >= 11 is 0. The summed E-state index contributed by atoms with van der Waals surface area (Å²) in [6.45, 7) is 11.4. The van der Waals surface area contributed by atoms with Crippen LogP contribution in [0.5, 0.6) is 11.5 Å². The minimum absolute atomic E-state index is 0.0486. The zero-order valence-electron chi connectivity index (χ0n) is 19.7. The molecule has 32 heavy (non-hydrogen) atoms. The monoisotopic (exact) mass is 453 g/mol. The zero-order chi connectivity index (χ0) is 24.4. The van der Waals surface area contributed by atoms with E-state index >= 15 is 0 Å². The van der Waals surface area contributed by atoms with Crippen LogP contribution in [-0.2, 0) is 20.7 Å². The van der Waals surface area contributed by atoms with Gasteiger partial charge < -0.3 is 35.3 Å². The largest absolute Gasteiger partial charge is 0.488 e. The van der Waals surface area contributed by atoms with E-state index in [-0.39, 0.29) is 32.7 Å². The molecule has 180 valence electrons. The second-order valence-electron chi connectivity index (χ2n) is 8.98. The van der Waals surface area contributed by atoms with Gasteiger partial charge in [0, 0.05) is 0 Å². The third kappa shape index (κ3) is 12.5. The van der Waals surface area contributed by atoms with Crippen molar-refractivity contribution in [1.82, 2.24) is 10.6 Å². The van der Waals surface area contributed by atoms with Crippen LogP contribution < -0.4 is 25.8 Å². The Balaban J connectivity index is 2.63. The van der Waals surface area contributed by atoms with E-state index in [1.165, 1.54) is 0 Å².